The maximum absolute atomic E-state index is 11.5. The average molecular weight is 199 g/mol. The number of amides is 3. The van der Waals surface area contributed by atoms with Gasteiger partial charge in [0.2, 0.25) is 5.91 Å². The first-order valence-corrected chi connectivity index (χ1v) is 3.18. The number of hydrogen-bond acceptors (Lipinski definition) is 2. The zero-order chi connectivity index (χ0) is 10.5. The molecule has 0 unspecified atom stereocenters. The molecule has 0 heterocycles. The van der Waals surface area contributed by atoms with Crippen LogP contribution in [0.4, 0.5) is 18.0 Å². The van der Waals surface area contributed by atoms with E-state index in [1.165, 1.54) is 5.32 Å². The topological polar surface area (TPSA) is 84.2 Å². The van der Waals surface area contributed by atoms with Crippen molar-refractivity contribution >= 4 is 11.9 Å². The highest BCUT2D eigenvalue weighted by Gasteiger charge is 2.27. The minimum atomic E-state index is -4.47. The Kier molecular flexibility index (Phi) is 4.02. The molecular formula is C5H8F3N3O2. The number of primary amides is 1. The van der Waals surface area contributed by atoms with Gasteiger partial charge in [0.1, 0.15) is 6.54 Å². The Morgan fingerprint density at radius 2 is 1.77 bits per heavy atom. The van der Waals surface area contributed by atoms with Gasteiger partial charge < -0.3 is 16.4 Å². The number of nitrogens with two attached hydrogens (primary N) is 1. The van der Waals surface area contributed by atoms with Crippen LogP contribution in [-0.2, 0) is 4.79 Å². The fourth-order valence-corrected chi connectivity index (χ4v) is 0.410. The van der Waals surface area contributed by atoms with E-state index >= 15 is 0 Å². The van der Waals surface area contributed by atoms with E-state index in [0.717, 1.165) is 0 Å². The van der Waals surface area contributed by atoms with Crippen LogP contribution in [0.5, 0.6) is 0 Å². The van der Waals surface area contributed by atoms with Crippen LogP contribution >= 0.6 is 0 Å². The fraction of sp³-hybridized carbons (Fsp3) is 0.600. The van der Waals surface area contributed by atoms with Crippen molar-refractivity contribution in [1.29, 1.82) is 0 Å². The van der Waals surface area contributed by atoms with Gasteiger partial charge in [0.15, 0.2) is 0 Å². The van der Waals surface area contributed by atoms with Crippen LogP contribution in [0.3, 0.4) is 0 Å². The van der Waals surface area contributed by atoms with Crippen LogP contribution in [0, 0.1) is 0 Å². The minimum absolute atomic E-state index is 0.496. The molecule has 0 aromatic heterocycles. The summed E-state index contributed by atoms with van der Waals surface area (Å²) in [6, 6.07) is -1.09. The molecule has 0 aliphatic carbocycles. The van der Waals surface area contributed by atoms with Gasteiger partial charge in [-0.1, -0.05) is 0 Å². The number of rotatable bonds is 3. The van der Waals surface area contributed by atoms with E-state index in [2.05, 4.69) is 5.73 Å². The van der Waals surface area contributed by atoms with Gasteiger partial charge in [-0.25, -0.2) is 4.79 Å². The highest BCUT2D eigenvalue weighted by atomic mass is 19.4. The number of halogens is 3. The second-order valence-corrected chi connectivity index (χ2v) is 2.12. The van der Waals surface area contributed by atoms with Crippen molar-refractivity contribution in [2.75, 3.05) is 13.1 Å². The SMILES string of the molecule is NC(=O)CNC(=O)NCC(F)(F)F. The zero-order valence-corrected chi connectivity index (χ0v) is 6.44. The van der Waals surface area contributed by atoms with Crippen LogP contribution in [-0.4, -0.2) is 31.2 Å². The Morgan fingerprint density at radius 1 is 1.23 bits per heavy atom. The van der Waals surface area contributed by atoms with Crippen molar-refractivity contribution in [2.24, 2.45) is 5.73 Å². The number of carbonyl (C=O) groups excluding carboxylic acids is 2. The summed E-state index contributed by atoms with van der Waals surface area (Å²) >= 11 is 0. The summed E-state index contributed by atoms with van der Waals surface area (Å²) < 4.78 is 34.4. The Hall–Kier alpha value is -1.47. The Balaban J connectivity index is 3.58. The predicted octanol–water partition coefficient (Wildman–Crippen LogP) is -0.667. The van der Waals surface area contributed by atoms with E-state index in [-0.39, 0.29) is 0 Å². The molecule has 0 aliphatic heterocycles. The second kappa shape index (κ2) is 4.53. The quantitative estimate of drug-likeness (QED) is 0.563. The molecule has 0 aromatic rings. The molecule has 0 atom stereocenters. The van der Waals surface area contributed by atoms with Crippen molar-refractivity contribution < 1.29 is 22.8 Å². The van der Waals surface area contributed by atoms with Gasteiger partial charge in [-0.05, 0) is 0 Å². The number of nitrogens with one attached hydrogen (secondary N) is 2. The van der Waals surface area contributed by atoms with Gasteiger partial charge in [0.05, 0.1) is 6.54 Å². The van der Waals surface area contributed by atoms with E-state index in [1.54, 1.807) is 0 Å². The van der Waals surface area contributed by atoms with Gasteiger partial charge in [0.25, 0.3) is 0 Å². The number of hydrogen-bond donors (Lipinski definition) is 3. The van der Waals surface area contributed by atoms with Crippen molar-refractivity contribution in [3.05, 3.63) is 0 Å². The van der Waals surface area contributed by atoms with E-state index in [1.807, 2.05) is 5.32 Å². The van der Waals surface area contributed by atoms with E-state index < -0.39 is 31.2 Å². The first kappa shape index (κ1) is 11.5. The second-order valence-electron chi connectivity index (χ2n) is 2.12. The van der Waals surface area contributed by atoms with Gasteiger partial charge in [-0.15, -0.1) is 0 Å². The third kappa shape index (κ3) is 8.44. The maximum atomic E-state index is 11.5. The van der Waals surface area contributed by atoms with Crippen LogP contribution in [0.1, 0.15) is 0 Å². The smallest absolute Gasteiger partial charge is 0.368 e. The lowest BCUT2D eigenvalue weighted by Gasteiger charge is -2.08. The molecule has 8 heteroatoms. The van der Waals surface area contributed by atoms with Gasteiger partial charge >= 0.3 is 12.2 Å². The largest absolute Gasteiger partial charge is 0.405 e. The number of carbonyl (C=O) groups is 2. The molecule has 76 valence electrons. The fourth-order valence-electron chi connectivity index (χ4n) is 0.410. The molecule has 0 rings (SSSR count). The molecule has 0 spiro atoms. The molecular weight excluding hydrogens is 191 g/mol. The number of alkyl halides is 3. The summed E-state index contributed by atoms with van der Waals surface area (Å²) in [5.74, 6) is -0.831. The first-order chi connectivity index (χ1) is 5.81. The zero-order valence-electron chi connectivity index (χ0n) is 6.44. The van der Waals surface area contributed by atoms with Crippen molar-refractivity contribution in [1.82, 2.24) is 10.6 Å². The summed E-state index contributed by atoms with van der Waals surface area (Å²) in [6.45, 7) is -1.94. The van der Waals surface area contributed by atoms with Crippen molar-refractivity contribution in [3.8, 4) is 0 Å². The molecule has 0 saturated heterocycles. The van der Waals surface area contributed by atoms with Crippen molar-refractivity contribution in [3.63, 3.8) is 0 Å². The maximum Gasteiger partial charge on any atom is 0.405 e. The van der Waals surface area contributed by atoms with Gasteiger partial charge in [-0.3, -0.25) is 4.79 Å². The number of urea groups is 1. The average Bonchev–Trinajstić information content (AvgIpc) is 1.95. The third-order valence-corrected chi connectivity index (χ3v) is 0.873. The molecule has 0 aliphatic rings. The molecule has 0 aromatic carbocycles. The molecule has 5 nitrogen and oxygen atoms in total. The van der Waals surface area contributed by atoms with Crippen LogP contribution in [0.2, 0.25) is 0 Å². The Labute approximate surface area is 71.5 Å². The predicted molar refractivity (Wildman–Crippen MR) is 36.7 cm³/mol. The highest BCUT2D eigenvalue weighted by Crippen LogP contribution is 2.11. The summed E-state index contributed by atoms with van der Waals surface area (Å²) in [5, 5.41) is 3.33. The first-order valence-electron chi connectivity index (χ1n) is 3.18. The monoisotopic (exact) mass is 199 g/mol. The molecule has 3 amide bonds. The van der Waals surface area contributed by atoms with E-state index in [4.69, 9.17) is 0 Å². The summed E-state index contributed by atoms with van der Waals surface area (Å²) in [6.07, 6.45) is -4.47. The standard InChI is InChI=1S/C5H8F3N3O2/c6-5(7,8)2-11-4(13)10-1-3(9)12/h1-2H2,(H2,9,12)(H2,10,11,13). The lowest BCUT2D eigenvalue weighted by atomic mass is 10.6. The van der Waals surface area contributed by atoms with Gasteiger partial charge in [-0.2, -0.15) is 13.2 Å². The highest BCUT2D eigenvalue weighted by molar-refractivity contribution is 5.82. The lowest BCUT2D eigenvalue weighted by molar-refractivity contribution is -0.122. The lowest BCUT2D eigenvalue weighted by Crippen LogP contribution is -2.43. The molecule has 0 fully saturated rings. The van der Waals surface area contributed by atoms with Crippen molar-refractivity contribution in [2.45, 2.75) is 6.18 Å². The summed E-state index contributed by atoms with van der Waals surface area (Å²) in [4.78, 5) is 20.5. The van der Waals surface area contributed by atoms with E-state index in [0.29, 0.717) is 0 Å². The Bertz CT molecular complexity index is 204. The molecule has 4 N–H and O–H groups in total. The van der Waals surface area contributed by atoms with Crippen LogP contribution in [0.15, 0.2) is 0 Å². The molecule has 13 heavy (non-hydrogen) atoms. The van der Waals surface area contributed by atoms with Gasteiger partial charge in [0, 0.05) is 0 Å². The normalized spacial score (nSPS) is 10.7. The molecule has 0 saturated carbocycles. The van der Waals surface area contributed by atoms with Crippen LogP contribution in [0.25, 0.3) is 0 Å². The van der Waals surface area contributed by atoms with Crippen LogP contribution < -0.4 is 16.4 Å². The Morgan fingerprint density at radius 3 is 2.15 bits per heavy atom. The molecule has 0 radical (unpaired) electrons. The summed E-state index contributed by atoms with van der Waals surface area (Å²) in [5.41, 5.74) is 4.62. The molecule has 0 bridgehead atoms. The minimum Gasteiger partial charge on any atom is -0.368 e. The van der Waals surface area contributed by atoms with E-state index in [9.17, 15) is 22.8 Å². The summed E-state index contributed by atoms with van der Waals surface area (Å²) in [7, 11) is 0. The third-order valence-electron chi connectivity index (χ3n) is 0.873.